The third-order valence-corrected chi connectivity index (χ3v) is 3.33. The molecule has 0 bridgehead atoms. The standard InChI is InChI=1S/C14H23NO7/c1-8-9(15-4-3-12(8)21-2)6-22-7-11(18)14(20)13(19)10(17)5-16/h3-4,10-11,13-14,16-20H,5-7H2,1-2H3/t10-,11-,13-,14-/m1/s1. The second-order valence-corrected chi connectivity index (χ2v) is 4.90. The van der Waals surface area contributed by atoms with Crippen molar-refractivity contribution in [3.63, 3.8) is 0 Å². The van der Waals surface area contributed by atoms with Crippen LogP contribution < -0.4 is 4.74 Å². The van der Waals surface area contributed by atoms with Gasteiger partial charge in [-0.3, -0.25) is 4.98 Å². The van der Waals surface area contributed by atoms with Gasteiger partial charge < -0.3 is 35.0 Å². The summed E-state index contributed by atoms with van der Waals surface area (Å²) in [6.45, 7) is 0.913. The lowest BCUT2D eigenvalue weighted by atomic mass is 10.0. The van der Waals surface area contributed by atoms with Gasteiger partial charge in [0.05, 0.1) is 32.6 Å². The second-order valence-electron chi connectivity index (χ2n) is 4.90. The first kappa shape index (κ1) is 18.8. The minimum atomic E-state index is -1.67. The van der Waals surface area contributed by atoms with Gasteiger partial charge in [0.1, 0.15) is 30.2 Å². The highest BCUT2D eigenvalue weighted by Gasteiger charge is 2.30. The maximum atomic E-state index is 9.71. The number of aromatic nitrogens is 1. The predicted molar refractivity (Wildman–Crippen MR) is 76.3 cm³/mol. The van der Waals surface area contributed by atoms with E-state index in [9.17, 15) is 20.4 Å². The van der Waals surface area contributed by atoms with E-state index in [0.29, 0.717) is 11.4 Å². The Balaban J connectivity index is 2.50. The molecule has 0 saturated carbocycles. The molecule has 8 heteroatoms. The number of hydrogen-bond donors (Lipinski definition) is 5. The van der Waals surface area contributed by atoms with Crippen LogP contribution in [0.1, 0.15) is 11.3 Å². The Labute approximate surface area is 128 Å². The van der Waals surface area contributed by atoms with Gasteiger partial charge in [0.15, 0.2) is 0 Å². The third-order valence-electron chi connectivity index (χ3n) is 3.33. The largest absolute Gasteiger partial charge is 0.496 e. The van der Waals surface area contributed by atoms with E-state index < -0.39 is 31.0 Å². The number of methoxy groups -OCH3 is 1. The Kier molecular flexibility index (Phi) is 7.66. The molecule has 0 spiro atoms. The fraction of sp³-hybridized carbons (Fsp3) is 0.643. The lowest BCUT2D eigenvalue weighted by molar-refractivity contribution is -0.130. The van der Waals surface area contributed by atoms with Crippen LogP contribution in [0, 0.1) is 6.92 Å². The van der Waals surface area contributed by atoms with Gasteiger partial charge in [0, 0.05) is 11.8 Å². The quantitative estimate of drug-likeness (QED) is 0.366. The van der Waals surface area contributed by atoms with Gasteiger partial charge in [0.25, 0.3) is 0 Å². The Morgan fingerprint density at radius 2 is 1.77 bits per heavy atom. The zero-order valence-electron chi connectivity index (χ0n) is 12.6. The molecule has 0 saturated heterocycles. The van der Waals surface area contributed by atoms with Crippen molar-refractivity contribution < 1.29 is 35.0 Å². The summed E-state index contributed by atoms with van der Waals surface area (Å²) in [6, 6.07) is 1.71. The van der Waals surface area contributed by atoms with Gasteiger partial charge >= 0.3 is 0 Å². The van der Waals surface area contributed by atoms with Gasteiger partial charge in [-0.25, -0.2) is 0 Å². The van der Waals surface area contributed by atoms with Crippen LogP contribution in [0.2, 0.25) is 0 Å². The summed E-state index contributed by atoms with van der Waals surface area (Å²) in [5.74, 6) is 0.663. The molecule has 4 atom stereocenters. The Morgan fingerprint density at radius 1 is 1.14 bits per heavy atom. The van der Waals surface area contributed by atoms with E-state index >= 15 is 0 Å². The van der Waals surface area contributed by atoms with Gasteiger partial charge in [-0.2, -0.15) is 0 Å². The van der Waals surface area contributed by atoms with Gasteiger partial charge in [0.2, 0.25) is 0 Å². The summed E-state index contributed by atoms with van der Waals surface area (Å²) >= 11 is 0. The number of aliphatic hydroxyl groups is 5. The van der Waals surface area contributed by atoms with Crippen LogP contribution in [0.5, 0.6) is 5.75 Å². The number of rotatable bonds is 9. The number of ether oxygens (including phenoxy) is 2. The Morgan fingerprint density at radius 3 is 2.36 bits per heavy atom. The van der Waals surface area contributed by atoms with Gasteiger partial charge in [-0.1, -0.05) is 0 Å². The highest BCUT2D eigenvalue weighted by atomic mass is 16.5. The molecule has 1 heterocycles. The van der Waals surface area contributed by atoms with E-state index in [4.69, 9.17) is 14.6 Å². The summed E-state index contributed by atoms with van der Waals surface area (Å²) in [4.78, 5) is 4.13. The molecule has 1 aromatic rings. The van der Waals surface area contributed by atoms with Crippen molar-refractivity contribution in [2.24, 2.45) is 0 Å². The first-order chi connectivity index (χ1) is 10.4. The monoisotopic (exact) mass is 317 g/mol. The predicted octanol–water partition coefficient (Wildman–Crippen LogP) is -1.65. The molecule has 0 fully saturated rings. The van der Waals surface area contributed by atoms with Crippen LogP contribution in [0.4, 0.5) is 0 Å². The van der Waals surface area contributed by atoms with Crippen molar-refractivity contribution >= 4 is 0 Å². The van der Waals surface area contributed by atoms with Crippen LogP contribution in [0.3, 0.4) is 0 Å². The molecule has 8 nitrogen and oxygen atoms in total. The third kappa shape index (κ3) is 4.87. The zero-order valence-corrected chi connectivity index (χ0v) is 12.6. The summed E-state index contributed by atoms with van der Waals surface area (Å²) in [6.07, 6.45) is -4.69. The van der Waals surface area contributed by atoms with Gasteiger partial charge in [-0.05, 0) is 13.0 Å². The molecule has 1 aromatic heterocycles. The van der Waals surface area contributed by atoms with Crippen molar-refractivity contribution in [1.29, 1.82) is 0 Å². The average Bonchev–Trinajstić information content (AvgIpc) is 2.54. The van der Waals surface area contributed by atoms with Crippen molar-refractivity contribution in [2.75, 3.05) is 20.3 Å². The molecular formula is C14H23NO7. The molecule has 0 radical (unpaired) electrons. The smallest absolute Gasteiger partial charge is 0.125 e. The molecular weight excluding hydrogens is 294 g/mol. The SMILES string of the molecule is COc1ccnc(COC[C@@H](O)[C@@H](O)[C@H](O)[C@H](O)CO)c1C. The fourth-order valence-corrected chi connectivity index (χ4v) is 1.86. The van der Waals surface area contributed by atoms with E-state index in [1.807, 2.05) is 6.92 Å². The van der Waals surface area contributed by atoms with Crippen molar-refractivity contribution in [2.45, 2.75) is 37.9 Å². The number of aliphatic hydroxyl groups excluding tert-OH is 5. The number of nitrogens with zero attached hydrogens (tertiary/aromatic N) is 1. The van der Waals surface area contributed by atoms with E-state index in [-0.39, 0.29) is 13.2 Å². The summed E-state index contributed by atoms with van der Waals surface area (Å²) < 4.78 is 10.4. The highest BCUT2D eigenvalue weighted by Crippen LogP contribution is 2.19. The highest BCUT2D eigenvalue weighted by molar-refractivity contribution is 5.34. The maximum Gasteiger partial charge on any atom is 0.125 e. The maximum absolute atomic E-state index is 9.71. The first-order valence-electron chi connectivity index (χ1n) is 6.81. The van der Waals surface area contributed by atoms with Crippen LogP contribution in [-0.4, -0.2) is 75.3 Å². The van der Waals surface area contributed by atoms with E-state index in [0.717, 1.165) is 5.56 Å². The number of hydrogen-bond acceptors (Lipinski definition) is 8. The minimum absolute atomic E-state index is 0.0888. The van der Waals surface area contributed by atoms with Gasteiger partial charge in [-0.15, -0.1) is 0 Å². The molecule has 0 aliphatic heterocycles. The fourth-order valence-electron chi connectivity index (χ4n) is 1.86. The first-order valence-corrected chi connectivity index (χ1v) is 6.81. The summed E-state index contributed by atoms with van der Waals surface area (Å²) in [5, 5.41) is 46.7. The Bertz CT molecular complexity index is 457. The average molecular weight is 317 g/mol. The zero-order chi connectivity index (χ0) is 16.7. The van der Waals surface area contributed by atoms with E-state index in [2.05, 4.69) is 4.98 Å². The van der Waals surface area contributed by atoms with Crippen molar-refractivity contribution in [1.82, 2.24) is 4.98 Å². The van der Waals surface area contributed by atoms with E-state index in [1.54, 1.807) is 19.4 Å². The normalized spacial score (nSPS) is 16.9. The second kappa shape index (κ2) is 8.99. The summed E-state index contributed by atoms with van der Waals surface area (Å²) in [7, 11) is 1.54. The summed E-state index contributed by atoms with van der Waals surface area (Å²) in [5.41, 5.74) is 1.42. The molecule has 22 heavy (non-hydrogen) atoms. The molecule has 0 aliphatic carbocycles. The molecule has 126 valence electrons. The topological polar surface area (TPSA) is 132 Å². The molecule has 0 unspecified atom stereocenters. The van der Waals surface area contributed by atoms with Crippen molar-refractivity contribution in [3.05, 3.63) is 23.5 Å². The molecule has 0 aliphatic rings. The van der Waals surface area contributed by atoms with Crippen LogP contribution in [-0.2, 0) is 11.3 Å². The van der Waals surface area contributed by atoms with E-state index in [1.165, 1.54) is 0 Å². The van der Waals surface area contributed by atoms with Crippen LogP contribution >= 0.6 is 0 Å². The number of pyridine rings is 1. The lowest BCUT2D eigenvalue weighted by Gasteiger charge is -2.25. The Hall–Kier alpha value is -1.29. The van der Waals surface area contributed by atoms with Crippen LogP contribution in [0.25, 0.3) is 0 Å². The van der Waals surface area contributed by atoms with Crippen molar-refractivity contribution in [3.8, 4) is 5.75 Å². The molecule has 1 rings (SSSR count). The minimum Gasteiger partial charge on any atom is -0.496 e. The lowest BCUT2D eigenvalue weighted by Crippen LogP contribution is -2.47. The molecule has 0 amide bonds. The molecule has 5 N–H and O–H groups in total. The molecule has 0 aromatic carbocycles. The van der Waals surface area contributed by atoms with Crippen LogP contribution in [0.15, 0.2) is 12.3 Å².